The van der Waals surface area contributed by atoms with Gasteiger partial charge in [0.2, 0.25) is 0 Å². The van der Waals surface area contributed by atoms with Crippen LogP contribution in [-0.2, 0) is 13.0 Å². The average Bonchev–Trinajstić information content (AvgIpc) is 3.45. The fourth-order valence-electron chi connectivity index (χ4n) is 4.14. The van der Waals surface area contributed by atoms with Crippen LogP contribution in [0.4, 0.5) is 0 Å². The molecule has 0 fully saturated rings. The second-order valence-corrected chi connectivity index (χ2v) is 8.01. The lowest BCUT2D eigenvalue weighted by Crippen LogP contribution is -2.26. The van der Waals surface area contributed by atoms with Gasteiger partial charge in [0, 0.05) is 30.1 Å². The van der Waals surface area contributed by atoms with Gasteiger partial charge in [-0.2, -0.15) is 0 Å². The molecule has 1 amide bonds. The van der Waals surface area contributed by atoms with Gasteiger partial charge in [0.05, 0.1) is 17.8 Å². The Morgan fingerprint density at radius 3 is 2.61 bits per heavy atom. The van der Waals surface area contributed by atoms with Crippen molar-refractivity contribution in [3.8, 4) is 0 Å². The molecule has 0 bridgehead atoms. The van der Waals surface area contributed by atoms with Crippen LogP contribution in [-0.4, -0.2) is 31.6 Å². The van der Waals surface area contributed by atoms with E-state index < -0.39 is 0 Å². The van der Waals surface area contributed by atoms with Gasteiger partial charge >= 0.3 is 0 Å². The van der Waals surface area contributed by atoms with Crippen molar-refractivity contribution >= 4 is 22.6 Å². The molecular formula is C25H23N5O3. The molecule has 0 saturated carbocycles. The van der Waals surface area contributed by atoms with Crippen LogP contribution in [0.3, 0.4) is 0 Å². The van der Waals surface area contributed by atoms with Gasteiger partial charge in [0.1, 0.15) is 11.3 Å². The van der Waals surface area contributed by atoms with E-state index in [4.69, 9.17) is 4.52 Å². The molecule has 33 heavy (non-hydrogen) atoms. The van der Waals surface area contributed by atoms with Crippen molar-refractivity contribution in [3.05, 3.63) is 99.4 Å². The summed E-state index contributed by atoms with van der Waals surface area (Å²) in [7, 11) is 0. The number of pyridine rings is 1. The molecule has 0 atom stereocenters. The quantitative estimate of drug-likeness (QED) is 0.436. The van der Waals surface area contributed by atoms with Gasteiger partial charge in [-0.15, -0.1) is 0 Å². The molecule has 4 aromatic heterocycles. The van der Waals surface area contributed by atoms with Crippen molar-refractivity contribution in [1.29, 1.82) is 0 Å². The highest BCUT2D eigenvalue weighted by Crippen LogP contribution is 2.15. The van der Waals surface area contributed by atoms with E-state index in [9.17, 15) is 9.59 Å². The van der Waals surface area contributed by atoms with Crippen LogP contribution in [0.15, 0.2) is 70.2 Å². The number of benzene rings is 1. The number of fused-ring (bicyclic) bond motifs is 3. The topological polar surface area (TPSA) is 94.4 Å². The van der Waals surface area contributed by atoms with E-state index >= 15 is 0 Å². The Labute approximate surface area is 189 Å². The van der Waals surface area contributed by atoms with E-state index in [2.05, 4.69) is 15.5 Å². The number of carbonyl (C=O) groups is 1. The van der Waals surface area contributed by atoms with Gasteiger partial charge in [-0.3, -0.25) is 14.2 Å². The predicted molar refractivity (Wildman–Crippen MR) is 125 cm³/mol. The first kappa shape index (κ1) is 20.7. The summed E-state index contributed by atoms with van der Waals surface area (Å²) in [4.78, 5) is 30.1. The van der Waals surface area contributed by atoms with E-state index in [0.717, 1.165) is 28.1 Å². The molecule has 5 rings (SSSR count). The second kappa shape index (κ2) is 8.38. The Morgan fingerprint density at radius 1 is 1.06 bits per heavy atom. The first-order valence-electron chi connectivity index (χ1n) is 10.8. The molecule has 8 nitrogen and oxygen atoms in total. The maximum atomic E-state index is 13.1. The Balaban J connectivity index is 1.33. The maximum Gasteiger partial charge on any atom is 0.276 e. The molecule has 0 aliphatic carbocycles. The Bertz CT molecular complexity index is 1510. The number of hydrogen-bond acceptors (Lipinski definition) is 5. The van der Waals surface area contributed by atoms with Gasteiger partial charge in [0.15, 0.2) is 5.65 Å². The highest BCUT2D eigenvalue weighted by atomic mass is 16.5. The fraction of sp³-hybridized carbons (Fsp3) is 0.200. The monoisotopic (exact) mass is 441 g/mol. The summed E-state index contributed by atoms with van der Waals surface area (Å²) in [6.45, 7) is 4.62. The smallest absolute Gasteiger partial charge is 0.276 e. The number of amides is 1. The van der Waals surface area contributed by atoms with E-state index in [1.54, 1.807) is 29.0 Å². The summed E-state index contributed by atoms with van der Waals surface area (Å²) < 4.78 is 8.69. The Morgan fingerprint density at radius 2 is 1.85 bits per heavy atom. The SMILES string of the molecule is Cc1noc(C)c1CCNC(=O)c1ccc(Cn2c(=O)c3cccn3c3cccnc32)cc1. The second-order valence-electron chi connectivity index (χ2n) is 8.01. The van der Waals surface area contributed by atoms with E-state index in [-0.39, 0.29) is 11.5 Å². The van der Waals surface area contributed by atoms with Gasteiger partial charge in [0.25, 0.3) is 11.5 Å². The number of nitrogens with zero attached hydrogens (tertiary/aromatic N) is 4. The first-order valence-corrected chi connectivity index (χ1v) is 10.8. The standard InChI is InChI=1S/C25H23N5O3/c1-16-20(17(2)33-28-16)11-13-27-24(31)19-9-7-18(8-10-19)15-30-23-21(5-3-12-26-23)29-14-4-6-22(29)25(30)32/h3-10,12,14H,11,13,15H2,1-2H3,(H,27,31). The number of hydrogen-bond donors (Lipinski definition) is 1. The minimum Gasteiger partial charge on any atom is -0.361 e. The summed E-state index contributed by atoms with van der Waals surface area (Å²) in [5.74, 6) is 0.633. The minimum absolute atomic E-state index is 0.104. The molecule has 166 valence electrons. The molecular weight excluding hydrogens is 418 g/mol. The van der Waals surface area contributed by atoms with Crippen molar-refractivity contribution in [1.82, 2.24) is 24.4 Å². The molecule has 0 spiro atoms. The van der Waals surface area contributed by atoms with Crippen LogP contribution >= 0.6 is 0 Å². The largest absolute Gasteiger partial charge is 0.361 e. The molecule has 0 unspecified atom stereocenters. The number of carbonyl (C=O) groups excluding carboxylic acids is 1. The van der Waals surface area contributed by atoms with Crippen LogP contribution in [0.1, 0.15) is 32.9 Å². The number of aryl methyl sites for hydroxylation is 2. The molecule has 0 aliphatic heterocycles. The van der Waals surface area contributed by atoms with Crippen molar-refractivity contribution in [2.24, 2.45) is 0 Å². The third-order valence-corrected chi connectivity index (χ3v) is 5.89. The van der Waals surface area contributed by atoms with Crippen molar-refractivity contribution < 1.29 is 9.32 Å². The van der Waals surface area contributed by atoms with Crippen LogP contribution in [0, 0.1) is 13.8 Å². The van der Waals surface area contributed by atoms with Gasteiger partial charge < -0.3 is 14.2 Å². The summed E-state index contributed by atoms with van der Waals surface area (Å²) in [5.41, 5.74) is 5.33. The highest BCUT2D eigenvalue weighted by molar-refractivity contribution is 5.94. The van der Waals surface area contributed by atoms with Gasteiger partial charge in [-0.25, -0.2) is 4.98 Å². The number of aromatic nitrogens is 4. The third kappa shape index (κ3) is 3.80. The highest BCUT2D eigenvalue weighted by Gasteiger charge is 2.13. The molecule has 0 radical (unpaired) electrons. The Hall–Kier alpha value is -4.20. The zero-order chi connectivity index (χ0) is 22.9. The average molecular weight is 441 g/mol. The van der Waals surface area contributed by atoms with Crippen LogP contribution in [0.25, 0.3) is 16.7 Å². The molecule has 8 heteroatoms. The lowest BCUT2D eigenvalue weighted by Gasteiger charge is -2.12. The van der Waals surface area contributed by atoms with Gasteiger partial charge in [-0.1, -0.05) is 17.3 Å². The fourth-order valence-corrected chi connectivity index (χ4v) is 4.14. The summed E-state index contributed by atoms with van der Waals surface area (Å²) in [5, 5.41) is 6.87. The van der Waals surface area contributed by atoms with E-state index in [1.807, 2.05) is 54.8 Å². The summed E-state index contributed by atoms with van der Waals surface area (Å²) in [6, 6.07) is 14.7. The molecule has 1 aromatic carbocycles. The summed E-state index contributed by atoms with van der Waals surface area (Å²) in [6.07, 6.45) is 4.21. The lowest BCUT2D eigenvalue weighted by molar-refractivity contribution is 0.0954. The van der Waals surface area contributed by atoms with Crippen LogP contribution in [0.2, 0.25) is 0 Å². The molecule has 0 aliphatic rings. The van der Waals surface area contributed by atoms with Gasteiger partial charge in [-0.05, 0) is 62.2 Å². The number of rotatable bonds is 6. The first-order chi connectivity index (χ1) is 16.0. The zero-order valence-corrected chi connectivity index (χ0v) is 18.4. The van der Waals surface area contributed by atoms with E-state index in [1.165, 1.54) is 0 Å². The van der Waals surface area contributed by atoms with Crippen molar-refractivity contribution in [3.63, 3.8) is 0 Å². The van der Waals surface area contributed by atoms with Crippen molar-refractivity contribution in [2.45, 2.75) is 26.8 Å². The zero-order valence-electron chi connectivity index (χ0n) is 18.4. The van der Waals surface area contributed by atoms with Crippen LogP contribution < -0.4 is 10.9 Å². The normalized spacial score (nSPS) is 11.3. The Kier molecular flexibility index (Phi) is 5.26. The van der Waals surface area contributed by atoms with Crippen LogP contribution in [0.5, 0.6) is 0 Å². The molecule has 0 saturated heterocycles. The maximum absolute atomic E-state index is 13.1. The molecule has 4 heterocycles. The third-order valence-electron chi connectivity index (χ3n) is 5.89. The molecule has 5 aromatic rings. The van der Waals surface area contributed by atoms with Crippen molar-refractivity contribution in [2.75, 3.05) is 6.54 Å². The molecule has 1 N–H and O–H groups in total. The predicted octanol–water partition coefficient (Wildman–Crippen LogP) is 3.27. The number of nitrogens with one attached hydrogen (secondary N) is 1. The lowest BCUT2D eigenvalue weighted by atomic mass is 10.1. The minimum atomic E-state index is -0.146. The summed E-state index contributed by atoms with van der Waals surface area (Å²) >= 11 is 0. The van der Waals surface area contributed by atoms with E-state index in [0.29, 0.717) is 36.2 Å².